The second-order valence-corrected chi connectivity index (χ2v) is 3.68. The zero-order valence-corrected chi connectivity index (χ0v) is 7.29. The SMILES string of the molecule is CC(O)C1CCCCC1CN. The van der Waals surface area contributed by atoms with Crippen molar-refractivity contribution in [3.8, 4) is 0 Å². The normalized spacial score (nSPS) is 35.2. The van der Waals surface area contributed by atoms with Gasteiger partial charge < -0.3 is 10.8 Å². The molecule has 3 N–H and O–H groups in total. The van der Waals surface area contributed by atoms with Gasteiger partial charge in [-0.25, -0.2) is 0 Å². The van der Waals surface area contributed by atoms with Crippen LogP contribution >= 0.6 is 0 Å². The molecule has 0 amide bonds. The summed E-state index contributed by atoms with van der Waals surface area (Å²) in [6, 6.07) is 0. The Morgan fingerprint density at radius 1 is 1.45 bits per heavy atom. The van der Waals surface area contributed by atoms with Crippen LogP contribution in [0.3, 0.4) is 0 Å². The molecular formula is C9H19NO. The Morgan fingerprint density at radius 2 is 2.09 bits per heavy atom. The van der Waals surface area contributed by atoms with Gasteiger partial charge in [0.25, 0.3) is 0 Å². The molecule has 11 heavy (non-hydrogen) atoms. The maximum absolute atomic E-state index is 9.42. The fourth-order valence-electron chi connectivity index (χ4n) is 2.16. The lowest BCUT2D eigenvalue weighted by atomic mass is 9.77. The fourth-order valence-corrected chi connectivity index (χ4v) is 2.16. The number of aliphatic hydroxyl groups excluding tert-OH is 1. The lowest BCUT2D eigenvalue weighted by Gasteiger charge is -2.32. The maximum Gasteiger partial charge on any atom is 0.0543 e. The number of nitrogens with two attached hydrogens (primary N) is 1. The Balaban J connectivity index is 2.44. The summed E-state index contributed by atoms with van der Waals surface area (Å²) < 4.78 is 0. The first-order valence-electron chi connectivity index (χ1n) is 4.64. The first-order valence-corrected chi connectivity index (χ1v) is 4.64. The van der Waals surface area contributed by atoms with Crippen LogP contribution in [0.15, 0.2) is 0 Å². The van der Waals surface area contributed by atoms with Crippen molar-refractivity contribution in [1.82, 2.24) is 0 Å². The van der Waals surface area contributed by atoms with Crippen LogP contribution in [0, 0.1) is 11.8 Å². The predicted molar refractivity (Wildman–Crippen MR) is 46.2 cm³/mol. The number of hydrogen-bond donors (Lipinski definition) is 2. The molecule has 0 radical (unpaired) electrons. The third kappa shape index (κ3) is 2.17. The molecule has 0 aromatic heterocycles. The summed E-state index contributed by atoms with van der Waals surface area (Å²) in [6.45, 7) is 2.63. The molecule has 0 saturated heterocycles. The molecule has 0 aromatic rings. The van der Waals surface area contributed by atoms with Gasteiger partial charge in [0, 0.05) is 0 Å². The molecule has 1 aliphatic carbocycles. The number of hydrogen-bond acceptors (Lipinski definition) is 2. The Kier molecular flexibility index (Phi) is 3.34. The van der Waals surface area contributed by atoms with E-state index in [0.29, 0.717) is 11.8 Å². The summed E-state index contributed by atoms with van der Waals surface area (Å²) in [5.41, 5.74) is 5.62. The molecule has 0 aliphatic heterocycles. The van der Waals surface area contributed by atoms with Crippen LogP contribution < -0.4 is 5.73 Å². The average Bonchev–Trinajstić information content (AvgIpc) is 2.04. The van der Waals surface area contributed by atoms with Crippen LogP contribution in [0.5, 0.6) is 0 Å². The van der Waals surface area contributed by atoms with E-state index in [4.69, 9.17) is 5.73 Å². The van der Waals surface area contributed by atoms with E-state index in [1.807, 2.05) is 6.92 Å². The molecule has 1 fully saturated rings. The summed E-state index contributed by atoms with van der Waals surface area (Å²) in [7, 11) is 0. The molecule has 2 nitrogen and oxygen atoms in total. The average molecular weight is 157 g/mol. The summed E-state index contributed by atoms with van der Waals surface area (Å²) in [6.07, 6.45) is 4.78. The van der Waals surface area contributed by atoms with E-state index < -0.39 is 0 Å². The minimum absolute atomic E-state index is 0.163. The van der Waals surface area contributed by atoms with Gasteiger partial charge in [0.1, 0.15) is 0 Å². The molecule has 3 unspecified atom stereocenters. The number of rotatable bonds is 2. The van der Waals surface area contributed by atoms with Crippen LogP contribution in [0.25, 0.3) is 0 Å². The van der Waals surface area contributed by atoms with Crippen molar-refractivity contribution in [3.63, 3.8) is 0 Å². The first kappa shape index (κ1) is 9.01. The molecule has 0 bridgehead atoms. The Bertz CT molecular complexity index is 114. The minimum atomic E-state index is -0.163. The van der Waals surface area contributed by atoms with Crippen molar-refractivity contribution in [1.29, 1.82) is 0 Å². The summed E-state index contributed by atoms with van der Waals surface area (Å²) in [4.78, 5) is 0. The smallest absolute Gasteiger partial charge is 0.0543 e. The highest BCUT2D eigenvalue weighted by atomic mass is 16.3. The molecule has 0 spiro atoms. The molecule has 1 rings (SSSR count). The second-order valence-electron chi connectivity index (χ2n) is 3.68. The van der Waals surface area contributed by atoms with Crippen LogP contribution in [-0.4, -0.2) is 17.8 Å². The third-order valence-electron chi connectivity index (χ3n) is 2.89. The van der Waals surface area contributed by atoms with E-state index in [2.05, 4.69) is 0 Å². The van der Waals surface area contributed by atoms with Crippen molar-refractivity contribution < 1.29 is 5.11 Å². The van der Waals surface area contributed by atoms with Gasteiger partial charge in [-0.1, -0.05) is 12.8 Å². The van der Waals surface area contributed by atoms with E-state index in [1.54, 1.807) is 0 Å². The van der Waals surface area contributed by atoms with Crippen molar-refractivity contribution >= 4 is 0 Å². The zero-order valence-electron chi connectivity index (χ0n) is 7.29. The maximum atomic E-state index is 9.42. The van der Waals surface area contributed by atoms with Crippen molar-refractivity contribution in [2.75, 3.05) is 6.54 Å². The quantitative estimate of drug-likeness (QED) is 0.631. The summed E-state index contributed by atoms with van der Waals surface area (Å²) in [5.74, 6) is 1.04. The van der Waals surface area contributed by atoms with E-state index in [1.165, 1.54) is 25.7 Å². The molecule has 0 heterocycles. The highest BCUT2D eigenvalue weighted by molar-refractivity contribution is 4.79. The lowest BCUT2D eigenvalue weighted by Crippen LogP contribution is -2.33. The molecule has 0 aromatic carbocycles. The monoisotopic (exact) mass is 157 g/mol. The first-order chi connectivity index (χ1) is 5.25. The van der Waals surface area contributed by atoms with Gasteiger partial charge in [-0.05, 0) is 38.1 Å². The Hall–Kier alpha value is -0.0800. The van der Waals surface area contributed by atoms with Gasteiger partial charge >= 0.3 is 0 Å². The molecule has 66 valence electrons. The van der Waals surface area contributed by atoms with Crippen molar-refractivity contribution in [3.05, 3.63) is 0 Å². The van der Waals surface area contributed by atoms with Gasteiger partial charge in [-0.3, -0.25) is 0 Å². The van der Waals surface area contributed by atoms with E-state index in [-0.39, 0.29) is 6.10 Å². The van der Waals surface area contributed by atoms with Gasteiger partial charge in [-0.2, -0.15) is 0 Å². The Morgan fingerprint density at radius 3 is 2.55 bits per heavy atom. The lowest BCUT2D eigenvalue weighted by molar-refractivity contribution is 0.0641. The van der Waals surface area contributed by atoms with E-state index in [0.717, 1.165) is 6.54 Å². The molecular weight excluding hydrogens is 138 g/mol. The largest absolute Gasteiger partial charge is 0.393 e. The topological polar surface area (TPSA) is 46.2 Å². The van der Waals surface area contributed by atoms with Crippen LogP contribution in [0.4, 0.5) is 0 Å². The van der Waals surface area contributed by atoms with Crippen molar-refractivity contribution in [2.24, 2.45) is 17.6 Å². The van der Waals surface area contributed by atoms with E-state index in [9.17, 15) is 5.11 Å². The molecule has 1 aliphatic rings. The van der Waals surface area contributed by atoms with Gasteiger partial charge in [0.05, 0.1) is 6.10 Å². The predicted octanol–water partition coefficient (Wildman–Crippen LogP) is 1.13. The minimum Gasteiger partial charge on any atom is -0.393 e. The highest BCUT2D eigenvalue weighted by Gasteiger charge is 2.27. The van der Waals surface area contributed by atoms with Crippen molar-refractivity contribution in [2.45, 2.75) is 38.7 Å². The highest BCUT2D eigenvalue weighted by Crippen LogP contribution is 2.31. The number of aliphatic hydroxyl groups is 1. The summed E-state index contributed by atoms with van der Waals surface area (Å²) in [5, 5.41) is 9.42. The van der Waals surface area contributed by atoms with Crippen LogP contribution in [-0.2, 0) is 0 Å². The zero-order chi connectivity index (χ0) is 8.27. The second kappa shape index (κ2) is 4.07. The van der Waals surface area contributed by atoms with Gasteiger partial charge in [-0.15, -0.1) is 0 Å². The molecule has 2 heteroatoms. The standard InChI is InChI=1S/C9H19NO/c1-7(11)9-5-3-2-4-8(9)6-10/h7-9,11H,2-6,10H2,1H3. The Labute approximate surface area is 68.8 Å². The van der Waals surface area contributed by atoms with Gasteiger partial charge in [0.2, 0.25) is 0 Å². The van der Waals surface area contributed by atoms with Gasteiger partial charge in [0.15, 0.2) is 0 Å². The molecule has 3 atom stereocenters. The van der Waals surface area contributed by atoms with E-state index >= 15 is 0 Å². The van der Waals surface area contributed by atoms with Crippen LogP contribution in [0.1, 0.15) is 32.6 Å². The summed E-state index contributed by atoms with van der Waals surface area (Å²) >= 11 is 0. The molecule has 1 saturated carbocycles. The van der Waals surface area contributed by atoms with Crippen LogP contribution in [0.2, 0.25) is 0 Å². The fraction of sp³-hybridized carbons (Fsp3) is 1.00. The third-order valence-corrected chi connectivity index (χ3v) is 2.89.